The zero-order valence-corrected chi connectivity index (χ0v) is 15.6. The van der Waals surface area contributed by atoms with Crippen LogP contribution in [0.4, 0.5) is 9.18 Å². The molecular formula is C20H29FN2O2. The summed E-state index contributed by atoms with van der Waals surface area (Å²) in [6.07, 6.45) is 3.81. The maximum Gasteiger partial charge on any atom is 0.410 e. The van der Waals surface area contributed by atoms with E-state index >= 15 is 0 Å². The van der Waals surface area contributed by atoms with Gasteiger partial charge in [0.1, 0.15) is 11.4 Å². The molecule has 1 aliphatic heterocycles. The lowest BCUT2D eigenvalue weighted by Gasteiger charge is -2.28. The zero-order valence-electron chi connectivity index (χ0n) is 15.6. The Morgan fingerprint density at radius 3 is 2.68 bits per heavy atom. The van der Waals surface area contributed by atoms with E-state index in [1.54, 1.807) is 12.1 Å². The number of nitrogens with one attached hydrogen (secondary N) is 1. The summed E-state index contributed by atoms with van der Waals surface area (Å²) in [5.41, 5.74) is 1.68. The Kier molecular flexibility index (Phi) is 6.59. The summed E-state index contributed by atoms with van der Waals surface area (Å²) >= 11 is 0. The molecule has 0 radical (unpaired) electrons. The number of hydrogen-bond donors (Lipinski definition) is 1. The second kappa shape index (κ2) is 8.48. The second-order valence-electron chi connectivity index (χ2n) is 7.64. The molecule has 1 atom stereocenters. The summed E-state index contributed by atoms with van der Waals surface area (Å²) in [5, 5.41) is 3.41. The molecule has 1 heterocycles. The van der Waals surface area contributed by atoms with Crippen LogP contribution in [0.15, 0.2) is 29.8 Å². The van der Waals surface area contributed by atoms with Gasteiger partial charge in [-0.05, 0) is 58.2 Å². The van der Waals surface area contributed by atoms with Crippen molar-refractivity contribution in [1.82, 2.24) is 10.2 Å². The average molecular weight is 348 g/mol. The third-order valence-electron chi connectivity index (χ3n) is 4.07. The van der Waals surface area contributed by atoms with E-state index < -0.39 is 5.60 Å². The lowest BCUT2D eigenvalue weighted by molar-refractivity contribution is 0.0227. The molecule has 0 bridgehead atoms. The molecular weight excluding hydrogens is 319 g/mol. The van der Waals surface area contributed by atoms with Gasteiger partial charge in [0.05, 0.1) is 0 Å². The quantitative estimate of drug-likeness (QED) is 0.866. The fraction of sp³-hybridized carbons (Fsp3) is 0.550. The topological polar surface area (TPSA) is 41.6 Å². The summed E-state index contributed by atoms with van der Waals surface area (Å²) in [7, 11) is 0. The number of amides is 1. The van der Waals surface area contributed by atoms with Crippen molar-refractivity contribution in [2.45, 2.75) is 52.2 Å². The van der Waals surface area contributed by atoms with Crippen molar-refractivity contribution < 1.29 is 13.9 Å². The number of rotatable bonds is 5. The normalized spacial score (nSPS) is 18.5. The third kappa shape index (κ3) is 6.50. The standard InChI is InChI=1S/C20H29FN2O2/c1-15(12-16-7-9-17(21)10-8-16)13-22-14-18-6-5-11-23(18)19(24)25-20(2,3)4/h7-10,12,18,22H,5-6,11,13-14H2,1-4H3/b15-12+. The van der Waals surface area contributed by atoms with E-state index in [1.165, 1.54) is 12.1 Å². The third-order valence-corrected chi connectivity index (χ3v) is 4.07. The highest BCUT2D eigenvalue weighted by atomic mass is 19.1. The fourth-order valence-electron chi connectivity index (χ4n) is 2.94. The first-order chi connectivity index (χ1) is 11.7. The predicted molar refractivity (Wildman–Crippen MR) is 98.9 cm³/mol. The highest BCUT2D eigenvalue weighted by molar-refractivity contribution is 5.69. The van der Waals surface area contributed by atoms with Gasteiger partial charge in [0, 0.05) is 25.7 Å². The molecule has 4 nitrogen and oxygen atoms in total. The first-order valence-corrected chi connectivity index (χ1v) is 8.88. The number of halogens is 1. The Morgan fingerprint density at radius 2 is 2.04 bits per heavy atom. The van der Waals surface area contributed by atoms with E-state index in [0.29, 0.717) is 0 Å². The Bertz CT molecular complexity index is 605. The summed E-state index contributed by atoms with van der Waals surface area (Å²) < 4.78 is 18.4. The number of benzene rings is 1. The van der Waals surface area contributed by atoms with Gasteiger partial charge in [-0.2, -0.15) is 0 Å². The van der Waals surface area contributed by atoms with Crippen molar-refractivity contribution in [3.63, 3.8) is 0 Å². The van der Waals surface area contributed by atoms with Gasteiger partial charge in [0.15, 0.2) is 0 Å². The fourth-order valence-corrected chi connectivity index (χ4v) is 2.94. The minimum atomic E-state index is -0.466. The van der Waals surface area contributed by atoms with Crippen LogP contribution in [0.1, 0.15) is 46.1 Å². The van der Waals surface area contributed by atoms with Crippen molar-refractivity contribution in [3.8, 4) is 0 Å². The van der Waals surface area contributed by atoms with Crippen molar-refractivity contribution >= 4 is 12.2 Å². The summed E-state index contributed by atoms with van der Waals surface area (Å²) in [6, 6.07) is 6.63. The monoisotopic (exact) mass is 348 g/mol. The smallest absolute Gasteiger partial charge is 0.410 e. The molecule has 2 rings (SSSR count). The van der Waals surface area contributed by atoms with Crippen molar-refractivity contribution in [2.24, 2.45) is 0 Å². The predicted octanol–water partition coefficient (Wildman–Crippen LogP) is 4.22. The number of hydrogen-bond acceptors (Lipinski definition) is 3. The van der Waals surface area contributed by atoms with E-state index in [2.05, 4.69) is 5.32 Å². The lowest BCUT2D eigenvalue weighted by Crippen LogP contribution is -2.44. The zero-order chi connectivity index (χ0) is 18.4. The average Bonchev–Trinajstić information content (AvgIpc) is 2.96. The molecule has 1 aromatic rings. The molecule has 1 N–H and O–H groups in total. The first-order valence-electron chi connectivity index (χ1n) is 8.88. The van der Waals surface area contributed by atoms with Crippen molar-refractivity contribution in [3.05, 3.63) is 41.2 Å². The highest BCUT2D eigenvalue weighted by Crippen LogP contribution is 2.20. The molecule has 0 saturated carbocycles. The molecule has 1 amide bonds. The molecule has 1 aliphatic rings. The van der Waals surface area contributed by atoms with Crippen LogP contribution >= 0.6 is 0 Å². The van der Waals surface area contributed by atoms with Crippen LogP contribution in [-0.2, 0) is 4.74 Å². The van der Waals surface area contributed by atoms with Crippen LogP contribution in [-0.4, -0.2) is 42.3 Å². The molecule has 1 saturated heterocycles. The second-order valence-corrected chi connectivity index (χ2v) is 7.64. The molecule has 0 spiro atoms. The Morgan fingerprint density at radius 1 is 1.36 bits per heavy atom. The Hall–Kier alpha value is -1.88. The van der Waals surface area contributed by atoms with Gasteiger partial charge >= 0.3 is 6.09 Å². The van der Waals surface area contributed by atoms with Gasteiger partial charge in [-0.25, -0.2) is 9.18 Å². The van der Waals surface area contributed by atoms with Crippen LogP contribution in [0.5, 0.6) is 0 Å². The molecule has 1 aromatic carbocycles. The highest BCUT2D eigenvalue weighted by Gasteiger charge is 2.31. The summed E-state index contributed by atoms with van der Waals surface area (Å²) in [4.78, 5) is 14.1. The maximum atomic E-state index is 12.9. The van der Waals surface area contributed by atoms with E-state index in [4.69, 9.17) is 4.74 Å². The van der Waals surface area contributed by atoms with Crippen LogP contribution in [0.2, 0.25) is 0 Å². The summed E-state index contributed by atoms with van der Waals surface area (Å²) in [5.74, 6) is -0.226. The minimum Gasteiger partial charge on any atom is -0.444 e. The number of nitrogens with zero attached hydrogens (tertiary/aromatic N) is 1. The largest absolute Gasteiger partial charge is 0.444 e. The van der Waals surface area contributed by atoms with Crippen LogP contribution < -0.4 is 5.32 Å². The minimum absolute atomic E-state index is 0.175. The molecule has 0 aromatic heterocycles. The Labute approximate surface area is 150 Å². The number of ether oxygens (including phenoxy) is 1. The maximum absolute atomic E-state index is 12.9. The summed E-state index contributed by atoms with van der Waals surface area (Å²) in [6.45, 7) is 9.93. The van der Waals surface area contributed by atoms with Gasteiger partial charge < -0.3 is 15.0 Å². The van der Waals surface area contributed by atoms with Gasteiger partial charge in [-0.1, -0.05) is 23.8 Å². The molecule has 5 heteroatoms. The first kappa shape index (κ1) is 19.4. The van der Waals surface area contributed by atoms with E-state index in [9.17, 15) is 9.18 Å². The van der Waals surface area contributed by atoms with Crippen LogP contribution in [0.25, 0.3) is 6.08 Å². The molecule has 138 valence electrons. The molecule has 25 heavy (non-hydrogen) atoms. The Balaban J connectivity index is 1.81. The van der Waals surface area contributed by atoms with Gasteiger partial charge in [0.2, 0.25) is 0 Å². The molecule has 1 unspecified atom stereocenters. The molecule has 1 fully saturated rings. The van der Waals surface area contributed by atoms with Crippen molar-refractivity contribution in [2.75, 3.05) is 19.6 Å². The SMILES string of the molecule is C/C(=C\c1ccc(F)cc1)CNCC1CCCN1C(=O)OC(C)(C)C. The molecule has 0 aliphatic carbocycles. The van der Waals surface area contributed by atoms with Crippen molar-refractivity contribution in [1.29, 1.82) is 0 Å². The van der Waals surface area contributed by atoms with Gasteiger partial charge in [0.25, 0.3) is 0 Å². The van der Waals surface area contributed by atoms with E-state index in [0.717, 1.165) is 43.6 Å². The number of carbonyl (C=O) groups excluding carboxylic acids is 1. The number of likely N-dealkylation sites (tertiary alicyclic amines) is 1. The van der Waals surface area contributed by atoms with E-state index in [-0.39, 0.29) is 18.0 Å². The number of carbonyl (C=O) groups is 1. The van der Waals surface area contributed by atoms with E-state index in [1.807, 2.05) is 38.7 Å². The lowest BCUT2D eigenvalue weighted by atomic mass is 10.1. The van der Waals surface area contributed by atoms with Crippen LogP contribution in [0, 0.1) is 5.82 Å². The van der Waals surface area contributed by atoms with Gasteiger partial charge in [-0.3, -0.25) is 0 Å². The van der Waals surface area contributed by atoms with Crippen LogP contribution in [0.3, 0.4) is 0 Å². The van der Waals surface area contributed by atoms with Gasteiger partial charge in [-0.15, -0.1) is 0 Å².